The van der Waals surface area contributed by atoms with E-state index in [1.54, 1.807) is 18.2 Å². The Morgan fingerprint density at radius 3 is 2.50 bits per heavy atom. The van der Waals surface area contributed by atoms with Crippen LogP contribution >= 0.6 is 23.5 Å². The zero-order chi connectivity index (χ0) is 15.7. The van der Waals surface area contributed by atoms with Gasteiger partial charge in [0, 0.05) is 6.54 Å². The van der Waals surface area contributed by atoms with Crippen molar-refractivity contribution in [1.29, 1.82) is 0 Å². The monoisotopic (exact) mass is 333 g/mol. The van der Waals surface area contributed by atoms with Gasteiger partial charge in [0.05, 0.1) is 15.4 Å². The molecule has 0 aliphatic carbocycles. The van der Waals surface area contributed by atoms with E-state index in [2.05, 4.69) is 0 Å². The summed E-state index contributed by atoms with van der Waals surface area (Å²) in [4.78, 5) is 27.6. The van der Waals surface area contributed by atoms with E-state index >= 15 is 0 Å². The van der Waals surface area contributed by atoms with Crippen LogP contribution in [-0.4, -0.2) is 43.2 Å². The van der Waals surface area contributed by atoms with Gasteiger partial charge in [-0.1, -0.05) is 35.7 Å². The predicted octanol–water partition coefficient (Wildman–Crippen LogP) is 2.92. The van der Waals surface area contributed by atoms with Crippen LogP contribution in [0.25, 0.3) is 0 Å². The number of benzene rings is 1. The zero-order valence-corrected chi connectivity index (χ0v) is 13.9. The Hall–Kier alpha value is -1.50. The first-order valence-corrected chi connectivity index (χ1v) is 8.56. The van der Waals surface area contributed by atoms with Gasteiger partial charge in [-0.15, -0.1) is 0 Å². The molecule has 1 unspecified atom stereocenters. The van der Waals surface area contributed by atoms with Crippen molar-refractivity contribution < 1.29 is 14.3 Å². The third-order valence-corrected chi connectivity index (χ3v) is 5.44. The van der Waals surface area contributed by atoms with Crippen LogP contribution in [0.2, 0.25) is 0 Å². The third-order valence-electron chi connectivity index (χ3n) is 3.31. The molecule has 0 radical (unpaired) electrons. The zero-order valence-electron chi connectivity index (χ0n) is 12.2. The molecule has 0 bridgehead atoms. The molecular weight excluding hydrogens is 318 g/mol. The molecule has 0 aromatic heterocycles. The number of nitrogens with zero attached hydrogens (tertiary/aromatic N) is 1. The van der Waals surface area contributed by atoms with E-state index in [9.17, 15) is 9.59 Å². The van der Waals surface area contributed by atoms with Gasteiger partial charge in [0.15, 0.2) is 6.10 Å². The van der Waals surface area contributed by atoms with Crippen LogP contribution < -0.4 is 4.74 Å². The molecule has 4 nitrogen and oxygen atoms in total. The van der Waals surface area contributed by atoms with Crippen LogP contribution in [0.15, 0.2) is 44.9 Å². The summed E-state index contributed by atoms with van der Waals surface area (Å²) in [5.41, 5.74) is 0.699. The van der Waals surface area contributed by atoms with Gasteiger partial charge in [0.2, 0.25) is 11.6 Å². The Morgan fingerprint density at radius 2 is 1.82 bits per heavy atom. The first-order chi connectivity index (χ1) is 10.6. The number of ketones is 2. The van der Waals surface area contributed by atoms with Crippen LogP contribution in [0.5, 0.6) is 5.75 Å². The molecule has 3 rings (SSSR count). The Kier molecular flexibility index (Phi) is 4.42. The standard InChI is InChI=1S/C16H15NO3S2/c1-17(2)9-12-15(19)13(16-21-7-8-22-16)14(18)10-5-3-4-6-11(10)20-12/h3-8,12H,9H2,1-2H3. The number of fused-ring (bicyclic) bond motifs is 1. The normalized spacial score (nSPS) is 21.1. The van der Waals surface area contributed by atoms with E-state index in [0.717, 1.165) is 4.24 Å². The highest BCUT2D eigenvalue weighted by atomic mass is 32.2. The lowest BCUT2D eigenvalue weighted by Crippen LogP contribution is -2.38. The number of carbonyl (C=O) groups is 2. The Morgan fingerprint density at radius 1 is 1.14 bits per heavy atom. The molecule has 0 saturated carbocycles. The lowest BCUT2D eigenvalue weighted by Gasteiger charge is -2.20. The minimum absolute atomic E-state index is 0.242. The number of hydrogen-bond acceptors (Lipinski definition) is 6. The highest BCUT2D eigenvalue weighted by Crippen LogP contribution is 2.42. The van der Waals surface area contributed by atoms with E-state index in [4.69, 9.17) is 4.74 Å². The highest BCUT2D eigenvalue weighted by molar-refractivity contribution is 8.27. The molecule has 2 heterocycles. The van der Waals surface area contributed by atoms with Gasteiger partial charge in [-0.25, -0.2) is 0 Å². The molecule has 0 amide bonds. The van der Waals surface area contributed by atoms with Crippen molar-refractivity contribution in [3.05, 3.63) is 50.5 Å². The molecule has 2 aliphatic rings. The molecule has 0 N–H and O–H groups in total. The molecule has 1 aromatic carbocycles. The lowest BCUT2D eigenvalue weighted by atomic mass is 9.99. The second kappa shape index (κ2) is 6.32. The average Bonchev–Trinajstić information content (AvgIpc) is 2.97. The van der Waals surface area contributed by atoms with Crippen molar-refractivity contribution in [2.24, 2.45) is 0 Å². The van der Waals surface area contributed by atoms with Gasteiger partial charge in [-0.2, -0.15) is 0 Å². The van der Waals surface area contributed by atoms with E-state index in [0.29, 0.717) is 17.9 Å². The highest BCUT2D eigenvalue weighted by Gasteiger charge is 2.37. The van der Waals surface area contributed by atoms with E-state index in [-0.39, 0.29) is 17.1 Å². The summed E-state index contributed by atoms with van der Waals surface area (Å²) in [6.45, 7) is 0.431. The SMILES string of the molecule is CN(C)CC1Oc2ccccc2C(=O)C(=C2SC=CS2)C1=O. The maximum atomic E-state index is 12.9. The quantitative estimate of drug-likeness (QED) is 0.613. The molecule has 0 spiro atoms. The van der Waals surface area contributed by atoms with Gasteiger partial charge in [0.1, 0.15) is 5.75 Å². The number of carbonyl (C=O) groups excluding carboxylic acids is 2. The Bertz CT molecular complexity index is 684. The number of hydrogen-bond donors (Lipinski definition) is 0. The summed E-state index contributed by atoms with van der Waals surface area (Å²) >= 11 is 2.82. The molecule has 6 heteroatoms. The molecule has 1 aromatic rings. The molecule has 2 aliphatic heterocycles. The number of likely N-dealkylation sites (N-methyl/N-ethyl adjacent to an activating group) is 1. The summed E-state index contributed by atoms with van der Waals surface area (Å²) in [5, 5.41) is 3.76. The summed E-state index contributed by atoms with van der Waals surface area (Å²) in [5.74, 6) is -0.0154. The van der Waals surface area contributed by atoms with Crippen LogP contribution in [-0.2, 0) is 4.79 Å². The van der Waals surface area contributed by atoms with Gasteiger partial charge >= 0.3 is 0 Å². The molecular formula is C16H15NO3S2. The third kappa shape index (κ3) is 2.86. The summed E-state index contributed by atoms with van der Waals surface area (Å²) in [6.07, 6.45) is -0.674. The minimum Gasteiger partial charge on any atom is -0.480 e. The number of Topliss-reactive ketones (excluding diaryl/α,β-unsaturated/α-hetero) is 2. The maximum absolute atomic E-state index is 12.9. The van der Waals surface area contributed by atoms with Crippen molar-refractivity contribution >= 4 is 35.1 Å². The number of ether oxygens (including phenoxy) is 1. The molecule has 0 saturated heterocycles. The van der Waals surface area contributed by atoms with Crippen LogP contribution in [0.1, 0.15) is 10.4 Å². The van der Waals surface area contributed by atoms with E-state index in [1.807, 2.05) is 35.9 Å². The molecule has 0 fully saturated rings. The summed E-state index contributed by atoms with van der Waals surface area (Å²) in [6, 6.07) is 7.04. The van der Waals surface area contributed by atoms with Gasteiger partial charge in [0.25, 0.3) is 0 Å². The fourth-order valence-electron chi connectivity index (χ4n) is 2.34. The van der Waals surface area contributed by atoms with Gasteiger partial charge in [-0.3, -0.25) is 9.59 Å². The fourth-order valence-corrected chi connectivity index (χ4v) is 4.21. The lowest BCUT2D eigenvalue weighted by molar-refractivity contribution is -0.122. The first kappa shape index (κ1) is 15.4. The maximum Gasteiger partial charge on any atom is 0.210 e. The van der Waals surface area contributed by atoms with E-state index in [1.165, 1.54) is 23.5 Å². The number of thioether (sulfide) groups is 2. The Balaban J connectivity index is 2.11. The van der Waals surface area contributed by atoms with Crippen molar-refractivity contribution in [1.82, 2.24) is 4.90 Å². The van der Waals surface area contributed by atoms with Gasteiger partial charge in [-0.05, 0) is 37.0 Å². The second-order valence-corrected chi connectivity index (χ2v) is 7.32. The topological polar surface area (TPSA) is 46.6 Å². The summed E-state index contributed by atoms with van der Waals surface area (Å²) < 4.78 is 6.59. The van der Waals surface area contributed by atoms with Crippen molar-refractivity contribution in [2.45, 2.75) is 6.10 Å². The smallest absolute Gasteiger partial charge is 0.210 e. The summed E-state index contributed by atoms with van der Waals surface area (Å²) in [7, 11) is 3.76. The van der Waals surface area contributed by atoms with Crippen molar-refractivity contribution in [3.8, 4) is 5.75 Å². The van der Waals surface area contributed by atoms with Crippen molar-refractivity contribution in [3.63, 3.8) is 0 Å². The van der Waals surface area contributed by atoms with Crippen LogP contribution in [0.3, 0.4) is 0 Å². The molecule has 1 atom stereocenters. The van der Waals surface area contributed by atoms with Crippen molar-refractivity contribution in [2.75, 3.05) is 20.6 Å². The number of rotatable bonds is 2. The fraction of sp³-hybridized carbons (Fsp3) is 0.250. The Labute approximate surface area is 137 Å². The van der Waals surface area contributed by atoms with Gasteiger partial charge < -0.3 is 9.64 Å². The van der Waals surface area contributed by atoms with E-state index < -0.39 is 6.10 Å². The van der Waals surface area contributed by atoms with Crippen LogP contribution in [0.4, 0.5) is 0 Å². The number of para-hydroxylation sites is 1. The molecule has 114 valence electrons. The first-order valence-electron chi connectivity index (χ1n) is 6.80. The van der Waals surface area contributed by atoms with Crippen LogP contribution in [0, 0.1) is 0 Å². The molecule has 22 heavy (non-hydrogen) atoms. The largest absolute Gasteiger partial charge is 0.480 e. The average molecular weight is 333 g/mol. The second-order valence-electron chi connectivity index (χ2n) is 5.23. The predicted molar refractivity (Wildman–Crippen MR) is 90.1 cm³/mol. The minimum atomic E-state index is -0.674.